The van der Waals surface area contributed by atoms with Gasteiger partial charge < -0.3 is 10.4 Å². The highest BCUT2D eigenvalue weighted by atomic mass is 19.1. The van der Waals surface area contributed by atoms with Gasteiger partial charge in [-0.15, -0.1) is 0 Å². The summed E-state index contributed by atoms with van der Waals surface area (Å²) in [6, 6.07) is 13.1. The summed E-state index contributed by atoms with van der Waals surface area (Å²) in [5.74, 6) is -0.813. The number of nitrogens with one attached hydrogen (secondary N) is 1. The van der Waals surface area contributed by atoms with Crippen molar-refractivity contribution in [3.63, 3.8) is 0 Å². The number of aryl methyl sites for hydroxylation is 1. The van der Waals surface area contributed by atoms with Gasteiger partial charge in [0.05, 0.1) is 6.04 Å². The van der Waals surface area contributed by atoms with E-state index in [9.17, 15) is 14.3 Å². The Labute approximate surface area is 123 Å². The number of halogens is 1. The lowest BCUT2D eigenvalue weighted by Crippen LogP contribution is -2.31. The van der Waals surface area contributed by atoms with Gasteiger partial charge in [-0.1, -0.05) is 42.5 Å². The fourth-order valence-corrected chi connectivity index (χ4v) is 2.04. The summed E-state index contributed by atoms with van der Waals surface area (Å²) in [5, 5.41) is 12.7. The van der Waals surface area contributed by atoms with Crippen LogP contribution in [-0.2, 0) is 4.79 Å². The molecule has 2 aromatic carbocycles. The van der Waals surface area contributed by atoms with E-state index >= 15 is 0 Å². The Hall–Kier alpha value is -2.20. The molecule has 2 atom stereocenters. The lowest BCUT2D eigenvalue weighted by molar-refractivity contribution is -0.130. The van der Waals surface area contributed by atoms with Crippen LogP contribution in [0.3, 0.4) is 0 Å². The minimum Gasteiger partial charge on any atom is -0.378 e. The van der Waals surface area contributed by atoms with Gasteiger partial charge >= 0.3 is 0 Å². The Bertz CT molecular complexity index is 628. The first-order chi connectivity index (χ1) is 9.99. The summed E-state index contributed by atoms with van der Waals surface area (Å²) in [6.45, 7) is 3.43. The van der Waals surface area contributed by atoms with Crippen molar-refractivity contribution in [1.29, 1.82) is 0 Å². The summed E-state index contributed by atoms with van der Waals surface area (Å²) < 4.78 is 13.5. The van der Waals surface area contributed by atoms with Gasteiger partial charge in [0.25, 0.3) is 5.91 Å². The number of amides is 1. The SMILES string of the molecule is Cc1ccc(C(C)NC(=O)C(O)c2ccccc2)cc1F. The molecule has 2 rings (SSSR count). The van der Waals surface area contributed by atoms with Gasteiger partial charge in [0.1, 0.15) is 5.82 Å². The molecule has 3 nitrogen and oxygen atoms in total. The van der Waals surface area contributed by atoms with Crippen molar-refractivity contribution in [1.82, 2.24) is 5.32 Å². The zero-order valence-electron chi connectivity index (χ0n) is 12.0. The van der Waals surface area contributed by atoms with Crippen LogP contribution in [0.15, 0.2) is 48.5 Å². The molecule has 0 aliphatic carbocycles. The zero-order valence-corrected chi connectivity index (χ0v) is 12.0. The van der Waals surface area contributed by atoms with Crippen molar-refractivity contribution in [2.45, 2.75) is 26.0 Å². The minimum atomic E-state index is -1.23. The smallest absolute Gasteiger partial charge is 0.253 e. The standard InChI is InChI=1S/C17H18FNO2/c1-11-8-9-14(10-15(11)18)12(2)19-17(21)16(20)13-6-4-3-5-7-13/h3-10,12,16,20H,1-2H3,(H,19,21). The number of benzene rings is 2. The van der Waals surface area contributed by atoms with Crippen LogP contribution in [0.1, 0.15) is 35.8 Å². The minimum absolute atomic E-state index is 0.308. The molecule has 0 aliphatic rings. The predicted molar refractivity (Wildman–Crippen MR) is 79.1 cm³/mol. The maximum absolute atomic E-state index is 13.5. The largest absolute Gasteiger partial charge is 0.378 e. The molecule has 0 heterocycles. The fourth-order valence-electron chi connectivity index (χ4n) is 2.04. The summed E-state index contributed by atoms with van der Waals surface area (Å²) >= 11 is 0. The van der Waals surface area contributed by atoms with Gasteiger partial charge in [-0.2, -0.15) is 0 Å². The molecule has 110 valence electrons. The van der Waals surface area contributed by atoms with E-state index in [1.165, 1.54) is 6.07 Å². The normalized spacial score (nSPS) is 13.5. The average Bonchev–Trinajstić information content (AvgIpc) is 2.50. The third-order valence-electron chi connectivity index (χ3n) is 3.42. The Morgan fingerprint density at radius 2 is 1.81 bits per heavy atom. The molecule has 1 amide bonds. The molecule has 0 fully saturated rings. The molecule has 2 N–H and O–H groups in total. The van der Waals surface area contributed by atoms with Crippen LogP contribution in [0, 0.1) is 12.7 Å². The van der Waals surface area contributed by atoms with Crippen molar-refractivity contribution < 1.29 is 14.3 Å². The van der Waals surface area contributed by atoms with Crippen LogP contribution in [0.4, 0.5) is 4.39 Å². The molecule has 0 saturated carbocycles. The lowest BCUT2D eigenvalue weighted by atomic mass is 10.0. The number of aliphatic hydroxyl groups excluding tert-OH is 1. The van der Waals surface area contributed by atoms with Crippen molar-refractivity contribution >= 4 is 5.91 Å². The number of aliphatic hydroxyl groups is 1. The summed E-state index contributed by atoms with van der Waals surface area (Å²) in [4.78, 5) is 12.0. The van der Waals surface area contributed by atoms with Gasteiger partial charge in [0, 0.05) is 0 Å². The number of hydrogen-bond acceptors (Lipinski definition) is 2. The second-order valence-corrected chi connectivity index (χ2v) is 5.05. The van der Waals surface area contributed by atoms with E-state index in [0.29, 0.717) is 16.7 Å². The monoisotopic (exact) mass is 287 g/mol. The molecule has 0 aliphatic heterocycles. The third-order valence-corrected chi connectivity index (χ3v) is 3.42. The fraction of sp³-hybridized carbons (Fsp3) is 0.235. The van der Waals surface area contributed by atoms with Crippen molar-refractivity contribution in [2.75, 3.05) is 0 Å². The molecular formula is C17H18FNO2. The van der Waals surface area contributed by atoms with Gasteiger partial charge in [-0.3, -0.25) is 4.79 Å². The van der Waals surface area contributed by atoms with Gasteiger partial charge in [-0.25, -0.2) is 4.39 Å². The Balaban J connectivity index is 2.06. The summed E-state index contributed by atoms with van der Waals surface area (Å²) in [5.41, 5.74) is 1.74. The second-order valence-electron chi connectivity index (χ2n) is 5.05. The lowest BCUT2D eigenvalue weighted by Gasteiger charge is -2.18. The molecule has 0 aromatic heterocycles. The highest BCUT2D eigenvalue weighted by Crippen LogP contribution is 2.18. The molecule has 2 aromatic rings. The molecule has 0 radical (unpaired) electrons. The summed E-state index contributed by atoms with van der Waals surface area (Å²) in [6.07, 6.45) is -1.23. The van der Waals surface area contributed by atoms with E-state index in [-0.39, 0.29) is 11.9 Å². The predicted octanol–water partition coefficient (Wildman–Crippen LogP) is 3.04. The maximum Gasteiger partial charge on any atom is 0.253 e. The first kappa shape index (κ1) is 15.2. The molecular weight excluding hydrogens is 269 g/mol. The number of carbonyl (C=O) groups is 1. The highest BCUT2D eigenvalue weighted by molar-refractivity contribution is 5.82. The first-order valence-electron chi connectivity index (χ1n) is 6.78. The molecule has 2 unspecified atom stereocenters. The Morgan fingerprint density at radius 3 is 2.43 bits per heavy atom. The van der Waals surface area contributed by atoms with Crippen LogP contribution in [0.2, 0.25) is 0 Å². The molecule has 0 saturated heterocycles. The topological polar surface area (TPSA) is 49.3 Å². The van der Waals surface area contributed by atoms with Gasteiger partial charge in [0.2, 0.25) is 0 Å². The molecule has 21 heavy (non-hydrogen) atoms. The number of rotatable bonds is 4. The van der Waals surface area contributed by atoms with Crippen molar-refractivity contribution in [2.24, 2.45) is 0 Å². The van der Waals surface area contributed by atoms with Crippen LogP contribution in [0.5, 0.6) is 0 Å². The number of carbonyl (C=O) groups excluding carboxylic acids is 1. The molecule has 0 bridgehead atoms. The van der Waals surface area contributed by atoms with Crippen LogP contribution < -0.4 is 5.32 Å². The van der Waals surface area contributed by atoms with Crippen LogP contribution >= 0.6 is 0 Å². The van der Waals surface area contributed by atoms with Crippen LogP contribution in [-0.4, -0.2) is 11.0 Å². The van der Waals surface area contributed by atoms with Gasteiger partial charge in [-0.05, 0) is 36.6 Å². The highest BCUT2D eigenvalue weighted by Gasteiger charge is 2.19. The maximum atomic E-state index is 13.5. The molecule has 4 heteroatoms. The van der Waals surface area contributed by atoms with E-state index in [0.717, 1.165) is 0 Å². The van der Waals surface area contributed by atoms with E-state index in [2.05, 4.69) is 5.32 Å². The van der Waals surface area contributed by atoms with Crippen LogP contribution in [0.25, 0.3) is 0 Å². The van der Waals surface area contributed by atoms with E-state index < -0.39 is 12.0 Å². The first-order valence-corrected chi connectivity index (χ1v) is 6.78. The quantitative estimate of drug-likeness (QED) is 0.908. The number of hydrogen-bond donors (Lipinski definition) is 2. The van der Waals surface area contributed by atoms with Crippen molar-refractivity contribution in [3.8, 4) is 0 Å². The summed E-state index contributed by atoms with van der Waals surface area (Å²) in [7, 11) is 0. The second kappa shape index (κ2) is 6.50. The van der Waals surface area contributed by atoms with E-state index in [4.69, 9.17) is 0 Å². The van der Waals surface area contributed by atoms with Crippen molar-refractivity contribution in [3.05, 3.63) is 71.0 Å². The van der Waals surface area contributed by atoms with E-state index in [1.54, 1.807) is 50.2 Å². The third kappa shape index (κ3) is 3.67. The molecule has 0 spiro atoms. The van der Waals surface area contributed by atoms with Gasteiger partial charge in [0.15, 0.2) is 6.10 Å². The zero-order chi connectivity index (χ0) is 15.4. The Morgan fingerprint density at radius 1 is 1.14 bits per heavy atom. The average molecular weight is 287 g/mol. The van der Waals surface area contributed by atoms with E-state index in [1.807, 2.05) is 6.07 Å². The Kier molecular flexibility index (Phi) is 4.70.